The Hall–Kier alpha value is -2.76. The van der Waals surface area contributed by atoms with Gasteiger partial charge in [-0.3, -0.25) is 0 Å². The summed E-state index contributed by atoms with van der Waals surface area (Å²) in [6.07, 6.45) is 0. The predicted molar refractivity (Wildman–Crippen MR) is 91.9 cm³/mol. The molecule has 0 spiro atoms. The molecule has 3 aromatic carbocycles. The van der Waals surface area contributed by atoms with E-state index in [0.29, 0.717) is 5.75 Å². The van der Waals surface area contributed by atoms with Gasteiger partial charge in [-0.05, 0) is 36.4 Å². The normalized spacial score (nSPS) is 10.2. The highest BCUT2D eigenvalue weighted by atomic mass is 16.6. The van der Waals surface area contributed by atoms with Gasteiger partial charge in [0.15, 0.2) is 0 Å². The summed E-state index contributed by atoms with van der Waals surface area (Å²) in [6, 6.07) is 27.1. The summed E-state index contributed by atoms with van der Waals surface area (Å²) in [5, 5.41) is 18.0. The van der Waals surface area contributed by atoms with Crippen LogP contribution in [-0.2, 0) is 0 Å². The molecule has 0 fully saturated rings. The number of benzene rings is 3. The van der Waals surface area contributed by atoms with Crippen LogP contribution in [0.2, 0.25) is 0 Å². The molecule has 0 radical (unpaired) electrons. The number of anilines is 3. The van der Waals surface area contributed by atoms with Crippen LogP contribution in [0.5, 0.6) is 5.75 Å². The Kier molecular flexibility index (Phi) is 4.61. The number of hydrogen-bond donors (Lipinski definition) is 2. The van der Waals surface area contributed by atoms with E-state index in [1.165, 1.54) is 0 Å². The molecule has 3 rings (SSSR count). The van der Waals surface area contributed by atoms with Crippen LogP contribution < -0.4 is 9.55 Å². The van der Waals surface area contributed by atoms with Gasteiger partial charge in [0.25, 0.3) is 0 Å². The maximum Gasteiger partial charge on any atom is 0.707 e. The molecule has 0 saturated heterocycles. The first-order chi connectivity index (χ1) is 11.2. The molecule has 2 N–H and O–H groups in total. The predicted octanol–water partition coefficient (Wildman–Crippen LogP) is 3.50. The molecule has 114 valence electrons. The lowest BCUT2D eigenvalue weighted by atomic mass is 10.2. The third-order valence-electron chi connectivity index (χ3n) is 3.35. The molecule has 0 heterocycles. The van der Waals surface area contributed by atoms with Crippen LogP contribution in [0, 0.1) is 0 Å². The molecular formula is C18H16BNO3. The van der Waals surface area contributed by atoms with Crippen molar-refractivity contribution in [1.29, 1.82) is 0 Å². The van der Waals surface area contributed by atoms with E-state index in [1.54, 1.807) is 12.1 Å². The Morgan fingerprint density at radius 1 is 0.652 bits per heavy atom. The Balaban J connectivity index is 2.06. The van der Waals surface area contributed by atoms with Crippen LogP contribution in [0.1, 0.15) is 0 Å². The van der Waals surface area contributed by atoms with Gasteiger partial charge in [-0.15, -0.1) is 0 Å². The fourth-order valence-corrected chi connectivity index (χ4v) is 2.42. The van der Waals surface area contributed by atoms with Crippen molar-refractivity contribution >= 4 is 24.4 Å². The molecule has 0 aliphatic carbocycles. The minimum absolute atomic E-state index is 0.384. The third kappa shape index (κ3) is 3.72. The first-order valence-corrected chi connectivity index (χ1v) is 7.27. The van der Waals surface area contributed by atoms with Crippen LogP contribution in [0.3, 0.4) is 0 Å². The van der Waals surface area contributed by atoms with Gasteiger partial charge in [0.2, 0.25) is 0 Å². The first-order valence-electron chi connectivity index (χ1n) is 7.27. The molecule has 0 atom stereocenters. The fourth-order valence-electron chi connectivity index (χ4n) is 2.42. The van der Waals surface area contributed by atoms with E-state index in [9.17, 15) is 0 Å². The van der Waals surface area contributed by atoms with Crippen LogP contribution in [-0.4, -0.2) is 17.4 Å². The van der Waals surface area contributed by atoms with E-state index in [1.807, 2.05) is 72.8 Å². The van der Waals surface area contributed by atoms with Crippen molar-refractivity contribution in [2.75, 3.05) is 4.90 Å². The number of para-hydroxylation sites is 2. The minimum Gasteiger partial charge on any atom is -0.512 e. The topological polar surface area (TPSA) is 52.9 Å². The lowest BCUT2D eigenvalue weighted by Gasteiger charge is -2.25. The molecule has 0 bridgehead atoms. The van der Waals surface area contributed by atoms with Crippen molar-refractivity contribution in [1.82, 2.24) is 0 Å². The lowest BCUT2D eigenvalue weighted by molar-refractivity contribution is 0.288. The van der Waals surface area contributed by atoms with Gasteiger partial charge in [0.1, 0.15) is 5.75 Å². The summed E-state index contributed by atoms with van der Waals surface area (Å²) in [6.45, 7) is 0. The van der Waals surface area contributed by atoms with E-state index in [4.69, 9.17) is 14.7 Å². The van der Waals surface area contributed by atoms with Gasteiger partial charge in [0, 0.05) is 23.1 Å². The van der Waals surface area contributed by atoms with Gasteiger partial charge < -0.3 is 19.6 Å². The van der Waals surface area contributed by atoms with Crippen LogP contribution in [0.15, 0.2) is 84.9 Å². The molecule has 3 aromatic rings. The second-order valence-corrected chi connectivity index (χ2v) is 4.95. The van der Waals surface area contributed by atoms with Crippen molar-refractivity contribution in [3.05, 3.63) is 84.9 Å². The SMILES string of the molecule is OB(O)Oc1cccc(N(c2ccccc2)c2ccccc2)c1. The molecule has 5 heteroatoms. The highest BCUT2D eigenvalue weighted by Crippen LogP contribution is 2.35. The highest BCUT2D eigenvalue weighted by Gasteiger charge is 2.15. The average molecular weight is 305 g/mol. The Morgan fingerprint density at radius 2 is 1.17 bits per heavy atom. The summed E-state index contributed by atoms with van der Waals surface area (Å²) >= 11 is 0. The molecule has 0 aliphatic rings. The monoisotopic (exact) mass is 305 g/mol. The van der Waals surface area contributed by atoms with Crippen molar-refractivity contribution in [3.63, 3.8) is 0 Å². The van der Waals surface area contributed by atoms with E-state index < -0.39 is 7.32 Å². The fraction of sp³-hybridized carbons (Fsp3) is 0. The Labute approximate surface area is 135 Å². The van der Waals surface area contributed by atoms with E-state index in [0.717, 1.165) is 17.1 Å². The Bertz CT molecular complexity index is 711. The maximum atomic E-state index is 8.99. The van der Waals surface area contributed by atoms with E-state index in [-0.39, 0.29) is 0 Å². The average Bonchev–Trinajstić information content (AvgIpc) is 2.57. The Morgan fingerprint density at radius 3 is 1.70 bits per heavy atom. The zero-order chi connectivity index (χ0) is 16.1. The summed E-state index contributed by atoms with van der Waals surface area (Å²) < 4.78 is 4.96. The number of nitrogens with zero attached hydrogens (tertiary/aromatic N) is 1. The number of hydrogen-bond acceptors (Lipinski definition) is 4. The smallest absolute Gasteiger partial charge is 0.512 e. The largest absolute Gasteiger partial charge is 0.707 e. The van der Waals surface area contributed by atoms with Crippen molar-refractivity contribution < 1.29 is 14.7 Å². The van der Waals surface area contributed by atoms with Crippen molar-refractivity contribution in [2.24, 2.45) is 0 Å². The second kappa shape index (κ2) is 7.00. The molecular weight excluding hydrogens is 289 g/mol. The summed E-state index contributed by atoms with van der Waals surface area (Å²) in [4.78, 5) is 2.07. The summed E-state index contributed by atoms with van der Waals surface area (Å²) in [7, 11) is -1.84. The third-order valence-corrected chi connectivity index (χ3v) is 3.35. The van der Waals surface area contributed by atoms with Crippen molar-refractivity contribution in [2.45, 2.75) is 0 Å². The van der Waals surface area contributed by atoms with Crippen LogP contribution in [0.25, 0.3) is 0 Å². The van der Waals surface area contributed by atoms with Gasteiger partial charge >= 0.3 is 7.32 Å². The van der Waals surface area contributed by atoms with Gasteiger partial charge in [-0.1, -0.05) is 42.5 Å². The van der Waals surface area contributed by atoms with Gasteiger partial charge in [-0.25, -0.2) is 0 Å². The molecule has 0 aromatic heterocycles. The standard InChI is InChI=1S/C18H16BNO3/c21-19(22)23-18-13-7-12-17(14-18)20(15-8-3-1-4-9-15)16-10-5-2-6-11-16/h1-14,21-22H. The second-order valence-electron chi connectivity index (χ2n) is 4.95. The maximum absolute atomic E-state index is 8.99. The van der Waals surface area contributed by atoms with Crippen LogP contribution >= 0.6 is 0 Å². The first kappa shape index (κ1) is 15.2. The molecule has 4 nitrogen and oxygen atoms in total. The van der Waals surface area contributed by atoms with Gasteiger partial charge in [0.05, 0.1) is 0 Å². The van der Waals surface area contributed by atoms with E-state index >= 15 is 0 Å². The molecule has 0 aliphatic heterocycles. The quantitative estimate of drug-likeness (QED) is 0.708. The lowest BCUT2D eigenvalue weighted by Crippen LogP contribution is -2.20. The molecule has 0 saturated carbocycles. The highest BCUT2D eigenvalue weighted by molar-refractivity contribution is 6.33. The summed E-state index contributed by atoms with van der Waals surface area (Å²) in [5.74, 6) is 0.384. The zero-order valence-electron chi connectivity index (χ0n) is 12.4. The zero-order valence-corrected chi connectivity index (χ0v) is 12.4. The minimum atomic E-state index is -1.84. The van der Waals surface area contributed by atoms with Gasteiger partial charge in [-0.2, -0.15) is 0 Å². The molecule has 0 amide bonds. The molecule has 23 heavy (non-hydrogen) atoms. The summed E-state index contributed by atoms with van der Waals surface area (Å²) in [5.41, 5.74) is 2.86. The van der Waals surface area contributed by atoms with Crippen molar-refractivity contribution in [3.8, 4) is 5.75 Å². The van der Waals surface area contributed by atoms with E-state index in [2.05, 4.69) is 4.90 Å². The molecule has 0 unspecified atom stereocenters. The number of rotatable bonds is 5. The van der Waals surface area contributed by atoms with Crippen LogP contribution in [0.4, 0.5) is 17.1 Å².